The highest BCUT2D eigenvalue weighted by atomic mass is 32.2. The Bertz CT molecular complexity index is 1180. The normalized spacial score (nSPS) is 17.5. The summed E-state index contributed by atoms with van der Waals surface area (Å²) in [5, 5.41) is 8.28. The zero-order valence-electron chi connectivity index (χ0n) is 17.5. The summed E-state index contributed by atoms with van der Waals surface area (Å²) in [7, 11) is -0.752. The molecule has 4 rings (SSSR count). The topological polar surface area (TPSA) is 121 Å². The van der Waals surface area contributed by atoms with E-state index in [9.17, 15) is 8.42 Å². The Morgan fingerprint density at radius 3 is 2.71 bits per heavy atom. The number of hydrogen-bond acceptors (Lipinski definition) is 9. The van der Waals surface area contributed by atoms with Gasteiger partial charge in [-0.25, -0.2) is 18.4 Å². The fourth-order valence-electron chi connectivity index (χ4n) is 3.60. The number of methoxy groups -OCH3 is 2. The number of ether oxygens (including phenoxy) is 2. The van der Waals surface area contributed by atoms with Gasteiger partial charge in [0.1, 0.15) is 6.33 Å². The van der Waals surface area contributed by atoms with Gasteiger partial charge in [-0.3, -0.25) is 0 Å². The highest BCUT2D eigenvalue weighted by Gasteiger charge is 2.34. The Hall–Kier alpha value is -3.05. The number of aromatic nitrogens is 4. The van der Waals surface area contributed by atoms with Crippen molar-refractivity contribution in [1.82, 2.24) is 24.5 Å². The summed E-state index contributed by atoms with van der Waals surface area (Å²) in [6.45, 7) is 2.50. The molecule has 3 heterocycles. The lowest BCUT2D eigenvalue weighted by Crippen LogP contribution is -2.39. The summed E-state index contributed by atoms with van der Waals surface area (Å²) in [5.74, 6) is 1.36. The van der Waals surface area contributed by atoms with Crippen LogP contribution >= 0.6 is 0 Å². The maximum absolute atomic E-state index is 13.2. The highest BCUT2D eigenvalue weighted by Crippen LogP contribution is 2.34. The summed E-state index contributed by atoms with van der Waals surface area (Å²) in [6.07, 6.45) is 4.51. The molecule has 1 atom stereocenters. The first-order chi connectivity index (χ1) is 14.9. The number of rotatable bonds is 6. The molecule has 1 fully saturated rings. The van der Waals surface area contributed by atoms with Crippen molar-refractivity contribution in [2.75, 3.05) is 27.3 Å². The third-order valence-electron chi connectivity index (χ3n) is 5.31. The van der Waals surface area contributed by atoms with Crippen LogP contribution in [0, 0.1) is 6.92 Å². The fraction of sp³-hybridized carbons (Fsp3) is 0.400. The van der Waals surface area contributed by atoms with Crippen molar-refractivity contribution >= 4 is 10.0 Å². The van der Waals surface area contributed by atoms with Gasteiger partial charge < -0.3 is 13.9 Å². The highest BCUT2D eigenvalue weighted by molar-refractivity contribution is 7.89. The first-order valence-electron chi connectivity index (χ1n) is 9.76. The lowest BCUT2D eigenvalue weighted by atomic mass is 10.00. The minimum atomic E-state index is -3.72. The first kappa shape index (κ1) is 21.2. The van der Waals surface area contributed by atoms with E-state index in [0.29, 0.717) is 41.8 Å². The lowest BCUT2D eigenvalue weighted by molar-refractivity contribution is 0.286. The predicted molar refractivity (Wildman–Crippen MR) is 110 cm³/mol. The van der Waals surface area contributed by atoms with Gasteiger partial charge in [0.15, 0.2) is 11.5 Å². The molecule has 164 valence electrons. The molecular weight excluding hydrogens is 422 g/mol. The number of aryl methyl sites for hydroxylation is 1. The molecule has 1 aliphatic heterocycles. The van der Waals surface area contributed by atoms with E-state index in [1.54, 1.807) is 12.3 Å². The van der Waals surface area contributed by atoms with Crippen molar-refractivity contribution in [2.45, 2.75) is 30.6 Å². The Balaban J connectivity index is 1.57. The van der Waals surface area contributed by atoms with Crippen molar-refractivity contribution in [3.8, 4) is 23.0 Å². The Labute approximate surface area is 180 Å². The van der Waals surface area contributed by atoms with Crippen LogP contribution in [-0.4, -0.2) is 60.2 Å². The summed E-state index contributed by atoms with van der Waals surface area (Å²) < 4.78 is 44.3. The van der Waals surface area contributed by atoms with Gasteiger partial charge in [0, 0.05) is 25.4 Å². The van der Waals surface area contributed by atoms with Crippen molar-refractivity contribution in [1.29, 1.82) is 0 Å². The van der Waals surface area contributed by atoms with Gasteiger partial charge in [-0.1, -0.05) is 0 Å². The smallest absolute Gasteiger partial charge is 0.251 e. The lowest BCUT2D eigenvalue weighted by Gasteiger charge is -2.30. The fourth-order valence-corrected chi connectivity index (χ4v) is 5.14. The molecule has 0 spiro atoms. The second kappa shape index (κ2) is 8.60. The number of sulfonamides is 1. The Morgan fingerprint density at radius 2 is 1.97 bits per heavy atom. The molecule has 1 aliphatic rings. The minimum absolute atomic E-state index is 0.147. The van der Waals surface area contributed by atoms with Crippen LogP contribution in [0.2, 0.25) is 0 Å². The van der Waals surface area contributed by atoms with Gasteiger partial charge in [0.05, 0.1) is 36.3 Å². The number of benzene rings is 1. The Morgan fingerprint density at radius 1 is 1.16 bits per heavy atom. The van der Waals surface area contributed by atoms with Crippen molar-refractivity contribution < 1.29 is 22.3 Å². The van der Waals surface area contributed by atoms with Crippen molar-refractivity contribution in [2.24, 2.45) is 0 Å². The van der Waals surface area contributed by atoms with Gasteiger partial charge in [0.25, 0.3) is 5.89 Å². The van der Waals surface area contributed by atoms with Crippen LogP contribution in [0.15, 0.2) is 40.0 Å². The standard InChI is InChI=1S/C20H23N5O5S/c1-13-16(10-21-12-22-13)20-24-23-19(30-20)14-5-4-8-25(11-14)31(26,27)15-6-7-17(28-2)18(9-15)29-3/h6-7,9-10,12,14H,4-5,8,11H2,1-3H3. The van der Waals surface area contributed by atoms with E-state index >= 15 is 0 Å². The molecule has 10 nitrogen and oxygen atoms in total. The van der Waals surface area contributed by atoms with E-state index < -0.39 is 10.0 Å². The predicted octanol–water partition coefficient (Wildman–Crippen LogP) is 2.42. The van der Waals surface area contributed by atoms with Crippen LogP contribution < -0.4 is 9.47 Å². The van der Waals surface area contributed by atoms with Crippen LogP contribution in [0.3, 0.4) is 0 Å². The van der Waals surface area contributed by atoms with Gasteiger partial charge >= 0.3 is 0 Å². The van der Waals surface area contributed by atoms with E-state index in [1.165, 1.54) is 37.0 Å². The van der Waals surface area contributed by atoms with Crippen LogP contribution in [-0.2, 0) is 10.0 Å². The van der Waals surface area contributed by atoms with Gasteiger partial charge in [-0.15, -0.1) is 10.2 Å². The molecule has 0 saturated carbocycles. The third-order valence-corrected chi connectivity index (χ3v) is 7.17. The third kappa shape index (κ3) is 4.10. The van der Waals surface area contributed by atoms with Gasteiger partial charge in [-0.2, -0.15) is 4.31 Å². The molecule has 1 unspecified atom stereocenters. The molecular formula is C20H23N5O5S. The number of piperidine rings is 1. The van der Waals surface area contributed by atoms with Crippen molar-refractivity contribution in [3.63, 3.8) is 0 Å². The minimum Gasteiger partial charge on any atom is -0.493 e. The average Bonchev–Trinajstić information content (AvgIpc) is 3.29. The molecule has 11 heteroatoms. The number of hydrogen-bond donors (Lipinski definition) is 0. The van der Waals surface area contributed by atoms with Crippen LogP contribution in [0.1, 0.15) is 30.3 Å². The molecule has 31 heavy (non-hydrogen) atoms. The number of nitrogens with zero attached hydrogens (tertiary/aromatic N) is 5. The molecule has 0 amide bonds. The summed E-state index contributed by atoms with van der Waals surface area (Å²) in [6, 6.07) is 4.58. The molecule has 1 aromatic carbocycles. The largest absolute Gasteiger partial charge is 0.493 e. The zero-order chi connectivity index (χ0) is 22.0. The van der Waals surface area contributed by atoms with Crippen molar-refractivity contribution in [3.05, 3.63) is 42.3 Å². The van der Waals surface area contributed by atoms with Gasteiger partial charge in [-0.05, 0) is 31.9 Å². The molecule has 0 N–H and O–H groups in total. The molecule has 0 aliphatic carbocycles. The van der Waals surface area contributed by atoms with Crippen LogP contribution in [0.5, 0.6) is 11.5 Å². The van der Waals surface area contributed by atoms with E-state index in [1.807, 2.05) is 6.92 Å². The summed E-state index contributed by atoms with van der Waals surface area (Å²) in [4.78, 5) is 8.29. The van der Waals surface area contributed by atoms with E-state index in [2.05, 4.69) is 20.2 Å². The second-order valence-electron chi connectivity index (χ2n) is 7.19. The first-order valence-corrected chi connectivity index (χ1v) is 11.2. The zero-order valence-corrected chi connectivity index (χ0v) is 18.3. The quantitative estimate of drug-likeness (QED) is 0.563. The molecule has 3 aromatic rings. The Kier molecular flexibility index (Phi) is 5.88. The second-order valence-corrected chi connectivity index (χ2v) is 9.12. The van der Waals surface area contributed by atoms with Gasteiger partial charge in [0.2, 0.25) is 15.9 Å². The maximum atomic E-state index is 13.2. The van der Waals surface area contributed by atoms with Crippen LogP contribution in [0.4, 0.5) is 0 Å². The molecule has 0 radical (unpaired) electrons. The summed E-state index contributed by atoms with van der Waals surface area (Å²) >= 11 is 0. The van der Waals surface area contributed by atoms with E-state index in [0.717, 1.165) is 12.1 Å². The monoisotopic (exact) mass is 445 g/mol. The molecule has 1 saturated heterocycles. The average molecular weight is 446 g/mol. The van der Waals surface area contributed by atoms with Crippen LogP contribution in [0.25, 0.3) is 11.5 Å². The summed E-state index contributed by atoms with van der Waals surface area (Å²) in [5.41, 5.74) is 1.39. The SMILES string of the molecule is COc1ccc(S(=O)(=O)N2CCCC(c3nnc(-c4cncnc4C)o3)C2)cc1OC. The van der Waals surface area contributed by atoms with E-state index in [-0.39, 0.29) is 17.4 Å². The molecule has 2 aromatic heterocycles. The maximum Gasteiger partial charge on any atom is 0.251 e. The van der Waals surface area contributed by atoms with E-state index in [4.69, 9.17) is 13.9 Å². The molecule has 0 bridgehead atoms.